The Balaban J connectivity index is 1.82. The molecule has 3 heteroatoms. The molecule has 2 atom stereocenters. The molecule has 0 N–H and O–H groups in total. The number of benzene rings is 2. The van der Waals surface area contributed by atoms with Crippen LogP contribution in [0.25, 0.3) is 0 Å². The van der Waals surface area contributed by atoms with Crippen LogP contribution >= 0.6 is 11.8 Å². The second-order valence-electron chi connectivity index (χ2n) is 11.1. The number of hydrogen-bond donors (Lipinski definition) is 0. The van der Waals surface area contributed by atoms with Gasteiger partial charge in [-0.3, -0.25) is 9.98 Å². The Kier molecular flexibility index (Phi) is 7.70. The lowest BCUT2D eigenvalue weighted by atomic mass is 9.86. The first-order chi connectivity index (χ1) is 15.0. The Morgan fingerprint density at radius 3 is 1.44 bits per heavy atom. The zero-order valence-corrected chi connectivity index (χ0v) is 22.0. The van der Waals surface area contributed by atoms with Crippen LogP contribution in [0.4, 0.5) is 11.4 Å². The van der Waals surface area contributed by atoms with E-state index in [1.54, 1.807) is 0 Å². The maximum absolute atomic E-state index is 5.13. The molecule has 0 amide bonds. The summed E-state index contributed by atoms with van der Waals surface area (Å²) in [5.74, 6) is 0. The average Bonchev–Trinajstić information content (AvgIpc) is 2.73. The van der Waals surface area contributed by atoms with Crippen LogP contribution < -0.4 is 0 Å². The van der Waals surface area contributed by atoms with E-state index in [1.165, 1.54) is 41.8 Å². The van der Waals surface area contributed by atoms with Crippen molar-refractivity contribution >= 4 is 34.6 Å². The number of nitrogens with zero attached hydrogens (tertiary/aromatic N) is 2. The molecule has 0 spiro atoms. The molecule has 3 rings (SSSR count). The van der Waals surface area contributed by atoms with E-state index in [0.717, 1.165) is 11.4 Å². The Morgan fingerprint density at radius 1 is 0.688 bits per heavy atom. The zero-order chi connectivity index (χ0) is 23.5. The molecular weight excluding hydrogens is 408 g/mol. The number of thioether (sulfide) groups is 1. The second kappa shape index (κ2) is 9.95. The molecule has 1 aliphatic rings. The first kappa shape index (κ1) is 24.8. The Morgan fingerprint density at radius 2 is 1.06 bits per heavy atom. The van der Waals surface area contributed by atoms with Crippen molar-refractivity contribution in [3.8, 4) is 0 Å². The molecule has 32 heavy (non-hydrogen) atoms. The van der Waals surface area contributed by atoms with Gasteiger partial charge in [-0.1, -0.05) is 84.4 Å². The third-order valence-corrected chi connectivity index (χ3v) is 8.02. The van der Waals surface area contributed by atoms with Crippen LogP contribution in [0.1, 0.15) is 85.8 Å². The molecule has 0 aromatic heterocycles. The third kappa shape index (κ3) is 6.13. The topological polar surface area (TPSA) is 24.7 Å². The SMILES string of the molecule is C/C(=N\c1ccccc1C(C)(C)C)C1CCCC(/C(C)=N/c2ccccc2C(C)(C)C)S1. The Bertz CT molecular complexity index is 909. The van der Waals surface area contributed by atoms with Gasteiger partial charge < -0.3 is 0 Å². The summed E-state index contributed by atoms with van der Waals surface area (Å²) in [5, 5.41) is 0.898. The largest absolute Gasteiger partial charge is 0.257 e. The van der Waals surface area contributed by atoms with Crippen LogP contribution in [0, 0.1) is 0 Å². The molecule has 1 heterocycles. The van der Waals surface area contributed by atoms with Gasteiger partial charge in [-0.05, 0) is 60.8 Å². The number of aliphatic imine (C=N–C) groups is 2. The number of para-hydroxylation sites is 2. The Labute approximate surface area is 200 Å². The summed E-state index contributed by atoms with van der Waals surface area (Å²) in [4.78, 5) is 10.3. The van der Waals surface area contributed by atoms with Crippen LogP contribution in [0.15, 0.2) is 58.5 Å². The van der Waals surface area contributed by atoms with Crippen LogP contribution in [-0.2, 0) is 10.8 Å². The van der Waals surface area contributed by atoms with Crippen LogP contribution in [0.3, 0.4) is 0 Å². The Hall–Kier alpha value is -1.87. The van der Waals surface area contributed by atoms with Crippen molar-refractivity contribution in [3.63, 3.8) is 0 Å². The lowest BCUT2D eigenvalue weighted by Crippen LogP contribution is -2.27. The van der Waals surface area contributed by atoms with Crippen LogP contribution in [0.2, 0.25) is 0 Å². The second-order valence-corrected chi connectivity index (χ2v) is 12.5. The average molecular weight is 449 g/mol. The van der Waals surface area contributed by atoms with Gasteiger partial charge >= 0.3 is 0 Å². The standard InChI is InChI=1S/C29H40N2S/c1-20(30-24-16-11-9-14-22(24)28(3,4)5)26-18-13-19-27(32-26)21(2)31-25-17-12-10-15-23(25)29(6,7)8/h9-12,14-17,26-27H,13,18-19H2,1-8H3/b30-20+,31-21+. The fraction of sp³-hybridized carbons (Fsp3) is 0.517. The van der Waals surface area contributed by atoms with Gasteiger partial charge in [0.15, 0.2) is 0 Å². The molecule has 2 nitrogen and oxygen atoms in total. The molecule has 1 aliphatic heterocycles. The van der Waals surface area contributed by atoms with Gasteiger partial charge in [-0.15, -0.1) is 11.8 Å². The van der Waals surface area contributed by atoms with Gasteiger partial charge in [0.2, 0.25) is 0 Å². The van der Waals surface area contributed by atoms with Crippen molar-refractivity contribution in [2.75, 3.05) is 0 Å². The molecule has 2 aromatic rings. The summed E-state index contributed by atoms with van der Waals surface area (Å²) in [5.41, 5.74) is 7.51. The van der Waals surface area contributed by atoms with E-state index in [2.05, 4.69) is 116 Å². The molecule has 0 saturated carbocycles. The normalized spacial score (nSPS) is 21.0. The first-order valence-corrected chi connectivity index (χ1v) is 12.9. The third-order valence-electron chi connectivity index (χ3n) is 6.21. The summed E-state index contributed by atoms with van der Waals surface area (Å²) >= 11 is 2.05. The molecule has 172 valence electrons. The smallest absolute Gasteiger partial charge is 0.0666 e. The fourth-order valence-electron chi connectivity index (χ4n) is 4.37. The summed E-state index contributed by atoms with van der Waals surface area (Å²) in [6.45, 7) is 18.0. The van der Waals surface area contributed by atoms with E-state index in [9.17, 15) is 0 Å². The first-order valence-electron chi connectivity index (χ1n) is 11.9. The molecule has 2 aromatic carbocycles. The van der Waals surface area contributed by atoms with Crippen molar-refractivity contribution in [2.24, 2.45) is 9.98 Å². The molecule has 1 fully saturated rings. The van der Waals surface area contributed by atoms with E-state index < -0.39 is 0 Å². The highest BCUT2D eigenvalue weighted by Crippen LogP contribution is 2.38. The molecule has 0 aliphatic carbocycles. The quantitative estimate of drug-likeness (QED) is 0.429. The van der Waals surface area contributed by atoms with Crippen molar-refractivity contribution in [1.82, 2.24) is 0 Å². The van der Waals surface area contributed by atoms with Gasteiger partial charge in [0.1, 0.15) is 0 Å². The minimum Gasteiger partial charge on any atom is -0.257 e. The van der Waals surface area contributed by atoms with E-state index >= 15 is 0 Å². The summed E-state index contributed by atoms with van der Waals surface area (Å²) in [6, 6.07) is 17.2. The number of rotatable bonds is 4. The van der Waals surface area contributed by atoms with Crippen molar-refractivity contribution in [3.05, 3.63) is 59.7 Å². The molecular formula is C29H40N2S. The molecule has 0 bridgehead atoms. The van der Waals surface area contributed by atoms with Gasteiger partial charge in [0.25, 0.3) is 0 Å². The van der Waals surface area contributed by atoms with E-state index in [1.807, 2.05) is 0 Å². The van der Waals surface area contributed by atoms with Gasteiger partial charge in [0, 0.05) is 21.9 Å². The van der Waals surface area contributed by atoms with Crippen molar-refractivity contribution in [1.29, 1.82) is 0 Å². The lowest BCUT2D eigenvalue weighted by Gasteiger charge is -2.29. The van der Waals surface area contributed by atoms with Crippen molar-refractivity contribution < 1.29 is 0 Å². The van der Waals surface area contributed by atoms with E-state index in [-0.39, 0.29) is 10.8 Å². The highest BCUT2D eigenvalue weighted by atomic mass is 32.2. The van der Waals surface area contributed by atoms with E-state index in [4.69, 9.17) is 9.98 Å². The summed E-state index contributed by atoms with van der Waals surface area (Å²) < 4.78 is 0. The van der Waals surface area contributed by atoms with E-state index in [0.29, 0.717) is 10.5 Å². The van der Waals surface area contributed by atoms with Crippen LogP contribution in [-0.4, -0.2) is 21.9 Å². The monoisotopic (exact) mass is 448 g/mol. The van der Waals surface area contributed by atoms with Crippen molar-refractivity contribution in [2.45, 2.75) is 96.0 Å². The highest BCUT2D eigenvalue weighted by molar-refractivity contribution is 8.02. The number of hydrogen-bond acceptors (Lipinski definition) is 3. The van der Waals surface area contributed by atoms with Gasteiger partial charge in [-0.25, -0.2) is 0 Å². The minimum atomic E-state index is 0.0896. The maximum Gasteiger partial charge on any atom is 0.0666 e. The molecule has 0 radical (unpaired) electrons. The predicted octanol–water partition coefficient (Wildman–Crippen LogP) is 8.82. The molecule has 1 saturated heterocycles. The summed E-state index contributed by atoms with van der Waals surface area (Å²) in [6.07, 6.45) is 3.62. The van der Waals surface area contributed by atoms with Gasteiger partial charge in [0.05, 0.1) is 11.4 Å². The minimum absolute atomic E-state index is 0.0896. The summed E-state index contributed by atoms with van der Waals surface area (Å²) in [7, 11) is 0. The van der Waals surface area contributed by atoms with Gasteiger partial charge in [-0.2, -0.15) is 0 Å². The zero-order valence-electron chi connectivity index (χ0n) is 21.2. The predicted molar refractivity (Wildman–Crippen MR) is 145 cm³/mol. The lowest BCUT2D eigenvalue weighted by molar-refractivity contribution is 0.591. The highest BCUT2D eigenvalue weighted by Gasteiger charge is 2.27. The fourth-order valence-corrected chi connectivity index (χ4v) is 5.87. The maximum atomic E-state index is 5.13. The van der Waals surface area contributed by atoms with Crippen LogP contribution in [0.5, 0.6) is 0 Å². The molecule has 2 unspecified atom stereocenters.